The van der Waals surface area contributed by atoms with Gasteiger partial charge in [-0.05, 0) is 227 Å². The third kappa shape index (κ3) is 40.4. The number of para-hydroxylation sites is 1. The van der Waals surface area contributed by atoms with Crippen LogP contribution in [0.15, 0.2) is 91.1 Å². The summed E-state index contributed by atoms with van der Waals surface area (Å²) in [7, 11) is 0. The Kier molecular flexibility index (Phi) is 50.9. The zero-order valence-electron chi connectivity index (χ0n) is 76.6. The molecule has 4 aromatic rings. The Labute approximate surface area is 765 Å². The van der Waals surface area contributed by atoms with Crippen molar-refractivity contribution in [3.05, 3.63) is 108 Å². The number of amides is 17. The predicted molar refractivity (Wildman–Crippen MR) is 493 cm³/mol. The van der Waals surface area contributed by atoms with Crippen LogP contribution in [0.5, 0.6) is 0 Å². The Bertz CT molecular complexity index is 4360. The molecule has 131 heavy (non-hydrogen) atoms. The average Bonchev–Trinajstić information content (AvgIpc) is 1.68. The maximum absolute atomic E-state index is 14.7. The van der Waals surface area contributed by atoms with Crippen LogP contribution in [0.1, 0.15) is 188 Å². The van der Waals surface area contributed by atoms with Crippen LogP contribution in [0.25, 0.3) is 10.9 Å². The number of benzene rings is 3. The number of carbonyl (C=O) groups is 17. The lowest BCUT2D eigenvalue weighted by atomic mass is 10.0. The SMILES string of the molecule is C[C@H](NC(=O)[C@H](C)NC(=O)[C@H](CCCCN)NC(=O)[C@H](Cc1ccccc1)NC(=O)[C@H](C)NC(=O)[C@H](CCCCN)NC(=O)[C@H](C)NC(=O)[C@H](Cc1c[nH]c2ccccc12)NC(=O)[C@H](C)NC(=O)[C@H](CCCCN)NC(=O)[C@H](C)NC(=O)[C@H](Cc1ccccc1)NC(=O)[C@H](C)NC(=O)[C@H](C)NC(=O)[C@H](CCCCN)NC(=O)[C@H](CCCCN)NC(=O)[C@@H](N)CCCCN)C(N)=O. The van der Waals surface area contributed by atoms with E-state index in [9.17, 15) is 81.5 Å². The van der Waals surface area contributed by atoms with E-state index in [0.29, 0.717) is 124 Å². The summed E-state index contributed by atoms with van der Waals surface area (Å²) in [5.41, 5.74) is 48.4. The number of nitrogens with one attached hydrogen (secondary N) is 17. The minimum absolute atomic E-state index is 0.00336. The van der Waals surface area contributed by atoms with Crippen molar-refractivity contribution in [1.29, 1.82) is 0 Å². The molecule has 42 heteroatoms. The van der Waals surface area contributed by atoms with E-state index in [1.54, 1.807) is 91.1 Å². The maximum atomic E-state index is 14.7. The van der Waals surface area contributed by atoms with Gasteiger partial charge in [0, 0.05) is 36.4 Å². The molecule has 1 heterocycles. The molecule has 4 rings (SSSR count). The first-order chi connectivity index (χ1) is 62.4. The van der Waals surface area contributed by atoms with Crippen LogP contribution < -0.4 is 131 Å². The molecule has 0 radical (unpaired) electrons. The molecule has 0 aliphatic heterocycles. The highest BCUT2D eigenvalue weighted by atomic mass is 16.2. The Morgan fingerprint density at radius 2 is 0.473 bits per heavy atom. The third-order valence-electron chi connectivity index (χ3n) is 21.8. The monoisotopic (exact) mass is 1830 g/mol. The number of carbonyl (C=O) groups excluding carboxylic acids is 17. The second-order valence-corrected chi connectivity index (χ2v) is 33.0. The summed E-state index contributed by atoms with van der Waals surface area (Å²) in [6, 6.07) is 2.50. The fourth-order valence-electron chi connectivity index (χ4n) is 13.7. The maximum Gasteiger partial charge on any atom is 0.243 e. The smallest absolute Gasteiger partial charge is 0.243 e. The topological polar surface area (TPSA) is 707 Å². The first-order valence-corrected chi connectivity index (χ1v) is 45.1. The second-order valence-electron chi connectivity index (χ2n) is 33.0. The molecule has 17 atom stereocenters. The van der Waals surface area contributed by atoms with Gasteiger partial charge in [0.15, 0.2) is 0 Å². The van der Waals surface area contributed by atoms with E-state index in [2.05, 4.69) is 90.1 Å². The molecule has 0 saturated carbocycles. The molecule has 0 unspecified atom stereocenters. The van der Waals surface area contributed by atoms with Crippen LogP contribution >= 0.6 is 0 Å². The molecule has 42 nitrogen and oxygen atoms in total. The summed E-state index contributed by atoms with van der Waals surface area (Å²) in [5, 5.41) is 42.7. The van der Waals surface area contributed by atoms with Gasteiger partial charge in [-0.3, -0.25) is 81.5 Å². The number of nitrogens with two attached hydrogens (primary N) is 8. The van der Waals surface area contributed by atoms with Gasteiger partial charge in [0.05, 0.1) is 6.04 Å². The highest BCUT2D eigenvalue weighted by Crippen LogP contribution is 2.21. The van der Waals surface area contributed by atoms with Crippen molar-refractivity contribution in [2.45, 2.75) is 293 Å². The molecule has 0 spiro atoms. The molecule has 17 amide bonds. The van der Waals surface area contributed by atoms with Crippen molar-refractivity contribution >= 4 is 111 Å². The van der Waals surface area contributed by atoms with Crippen molar-refractivity contribution in [1.82, 2.24) is 90.1 Å². The van der Waals surface area contributed by atoms with Gasteiger partial charge < -0.3 is 136 Å². The van der Waals surface area contributed by atoms with Crippen LogP contribution in [-0.2, 0) is 101 Å². The fourth-order valence-corrected chi connectivity index (χ4v) is 13.7. The molecule has 33 N–H and O–H groups in total. The van der Waals surface area contributed by atoms with Gasteiger partial charge in [-0.15, -0.1) is 0 Å². The molecule has 3 aromatic carbocycles. The number of primary amides is 1. The number of rotatable bonds is 63. The van der Waals surface area contributed by atoms with E-state index in [4.69, 9.17) is 45.9 Å². The number of H-pyrrole nitrogens is 1. The summed E-state index contributed by atoms with van der Waals surface area (Å²) in [4.78, 5) is 239. The van der Waals surface area contributed by atoms with Gasteiger partial charge in [0.1, 0.15) is 96.7 Å². The molecule has 0 aliphatic rings. The van der Waals surface area contributed by atoms with E-state index >= 15 is 0 Å². The number of fused-ring (bicyclic) bond motifs is 1. The zero-order valence-corrected chi connectivity index (χ0v) is 76.6. The van der Waals surface area contributed by atoms with Crippen LogP contribution in [-0.4, -0.2) is 247 Å². The van der Waals surface area contributed by atoms with Crippen molar-refractivity contribution < 1.29 is 81.5 Å². The van der Waals surface area contributed by atoms with Gasteiger partial charge in [-0.2, -0.15) is 0 Å². The van der Waals surface area contributed by atoms with E-state index in [1.807, 2.05) is 0 Å². The molecule has 0 aliphatic carbocycles. The minimum atomic E-state index is -1.46. The van der Waals surface area contributed by atoms with Crippen molar-refractivity contribution in [3.63, 3.8) is 0 Å². The molecular formula is C89H143N25O17. The van der Waals surface area contributed by atoms with Gasteiger partial charge in [-0.1, -0.05) is 85.3 Å². The molecule has 0 bridgehead atoms. The summed E-state index contributed by atoms with van der Waals surface area (Å²) in [5.74, 6) is -13.6. The largest absolute Gasteiger partial charge is 0.368 e. The lowest BCUT2D eigenvalue weighted by Gasteiger charge is -2.27. The lowest BCUT2D eigenvalue weighted by molar-refractivity contribution is -0.136. The first kappa shape index (κ1) is 111. The molecular weight excluding hydrogens is 1690 g/mol. The number of unbranched alkanes of at least 4 members (excludes halogenated alkanes) is 6. The number of hydrogen-bond acceptors (Lipinski definition) is 24. The van der Waals surface area contributed by atoms with E-state index in [-0.39, 0.29) is 77.5 Å². The van der Waals surface area contributed by atoms with Crippen LogP contribution in [0.4, 0.5) is 0 Å². The van der Waals surface area contributed by atoms with Gasteiger partial charge >= 0.3 is 0 Å². The van der Waals surface area contributed by atoms with E-state index < -0.39 is 203 Å². The summed E-state index contributed by atoms with van der Waals surface area (Å²) in [6.07, 6.45) is 7.34. The zero-order chi connectivity index (χ0) is 97.2. The highest BCUT2D eigenvalue weighted by Gasteiger charge is 2.37. The Morgan fingerprint density at radius 1 is 0.252 bits per heavy atom. The summed E-state index contributed by atoms with van der Waals surface area (Å²) >= 11 is 0. The van der Waals surface area contributed by atoms with Gasteiger partial charge in [0.2, 0.25) is 100 Å². The molecule has 1 aromatic heterocycles. The molecule has 726 valence electrons. The highest BCUT2D eigenvalue weighted by molar-refractivity contribution is 6.01. The third-order valence-corrected chi connectivity index (χ3v) is 21.8. The Balaban J connectivity index is 1.49. The van der Waals surface area contributed by atoms with E-state index in [0.717, 1.165) is 0 Å². The number of aromatic amines is 1. The van der Waals surface area contributed by atoms with Crippen LogP contribution in [0.3, 0.4) is 0 Å². The standard InChI is InChI=1S/C89H143N25O17/c1-51(73(97)115)99-74(116)52(2)101-85(127)68(39-21-27-45-94)111-89(131)71(48-60-31-13-10-14-32-60)113-79(121)57(7)103-82(124)65(36-18-24-42-91)108-77(119)56(6)106-88(130)72(49-61-50-98-64-35-16-15-33-62(61)64)114-80(122)58(8)104-83(125)66(37-19-25-43-92)107-76(118)55(5)105-87(129)70(47-59-29-11-9-12-30-59)112-78(120)54(4)100-75(117)53(3)102-84(126)67(38-20-26-44-93)110-86(128)69(40-22-28-46-95)109-81(123)63(96)34-17-23-41-90/h9-16,29-33,35,50-58,63,65-72,98H,17-28,34,36-49,90-96H2,1-8H3,(H2,97,115)(H,99,116)(H,100,117)(H,101,127)(H,102,126)(H,103,124)(H,104,125)(H,105,129)(H,106,130)(H,107,118)(H,108,119)(H,109,123)(H,110,128)(H,111,131)(H,112,120)(H,113,121)(H,114,122)/t51-,52-,53-,54-,55-,56-,57-,58-,63-,65-,66-,67-,68-,69-,70-,71-,72-/m0/s1. The quantitative estimate of drug-likeness (QED) is 0.0186. The number of aromatic nitrogens is 1. The summed E-state index contributed by atoms with van der Waals surface area (Å²) in [6.45, 7) is 12.5. The minimum Gasteiger partial charge on any atom is -0.368 e. The summed E-state index contributed by atoms with van der Waals surface area (Å²) < 4.78 is 0. The fraction of sp³-hybridized carbons (Fsp3) is 0.584. The van der Waals surface area contributed by atoms with Gasteiger partial charge in [-0.25, -0.2) is 0 Å². The Hall–Kier alpha value is -12.1. The van der Waals surface area contributed by atoms with Crippen molar-refractivity contribution in [2.24, 2.45) is 45.9 Å². The molecule has 0 saturated heterocycles. The Morgan fingerprint density at radius 3 is 0.779 bits per heavy atom. The number of hydrogen-bond donors (Lipinski definition) is 25. The predicted octanol–water partition coefficient (Wildman–Crippen LogP) is -4.30. The first-order valence-electron chi connectivity index (χ1n) is 45.1. The normalized spacial score (nSPS) is 15.1. The van der Waals surface area contributed by atoms with Crippen molar-refractivity contribution in [3.8, 4) is 0 Å². The van der Waals surface area contributed by atoms with Crippen LogP contribution in [0.2, 0.25) is 0 Å². The second kappa shape index (κ2) is 60.0. The van der Waals surface area contributed by atoms with Crippen LogP contribution in [0, 0.1) is 0 Å². The lowest BCUT2D eigenvalue weighted by Crippen LogP contribution is -2.60. The van der Waals surface area contributed by atoms with Crippen molar-refractivity contribution in [2.75, 3.05) is 39.3 Å². The molecule has 0 fully saturated rings. The van der Waals surface area contributed by atoms with Gasteiger partial charge in [0.25, 0.3) is 0 Å². The van der Waals surface area contributed by atoms with E-state index in [1.165, 1.54) is 55.4 Å². The average molecular weight is 1840 g/mol.